The van der Waals surface area contributed by atoms with E-state index in [2.05, 4.69) is 14.9 Å². The van der Waals surface area contributed by atoms with Gasteiger partial charge in [-0.25, -0.2) is 9.97 Å². The summed E-state index contributed by atoms with van der Waals surface area (Å²) in [7, 11) is 4.00. The van der Waals surface area contributed by atoms with Gasteiger partial charge in [-0.05, 0) is 39.2 Å². The second kappa shape index (κ2) is 8.12. The maximum Gasteiger partial charge on any atom is 0.137 e. The topological polar surface area (TPSA) is 63.4 Å². The van der Waals surface area contributed by atoms with Gasteiger partial charge >= 0.3 is 0 Å². The van der Waals surface area contributed by atoms with E-state index in [0.717, 1.165) is 29.1 Å². The van der Waals surface area contributed by atoms with Gasteiger partial charge in [0.15, 0.2) is 0 Å². The molecule has 0 aliphatic carbocycles. The van der Waals surface area contributed by atoms with Crippen molar-refractivity contribution in [3.8, 4) is 11.6 Å². The number of ether oxygens (including phenoxy) is 1. The molecule has 2 aromatic heterocycles. The lowest BCUT2D eigenvalue weighted by molar-refractivity contribution is 0.206. The van der Waals surface area contributed by atoms with Crippen LogP contribution in [0.5, 0.6) is 5.75 Å². The van der Waals surface area contributed by atoms with Gasteiger partial charge in [0.25, 0.3) is 0 Å². The minimum atomic E-state index is -0.798. The van der Waals surface area contributed by atoms with Gasteiger partial charge < -0.3 is 14.7 Å². The minimum absolute atomic E-state index is 0.563. The molecule has 1 aromatic carbocycles. The second-order valence-electron chi connectivity index (χ2n) is 6.52. The van der Waals surface area contributed by atoms with E-state index in [0.29, 0.717) is 12.4 Å². The average molecular weight is 352 g/mol. The minimum Gasteiger partial charge on any atom is -0.492 e. The van der Waals surface area contributed by atoms with Crippen molar-refractivity contribution in [2.75, 3.05) is 27.2 Å². The first-order chi connectivity index (χ1) is 12.5. The van der Waals surface area contributed by atoms with Crippen LogP contribution in [0.3, 0.4) is 0 Å². The molecule has 0 saturated heterocycles. The summed E-state index contributed by atoms with van der Waals surface area (Å²) in [6, 6.07) is 9.60. The van der Waals surface area contributed by atoms with Crippen LogP contribution in [0.25, 0.3) is 5.82 Å². The Hall–Kier alpha value is -2.70. The number of aryl methyl sites for hydroxylation is 1. The Kier molecular flexibility index (Phi) is 5.65. The van der Waals surface area contributed by atoms with Crippen LogP contribution in [-0.4, -0.2) is 51.8 Å². The third-order valence-corrected chi connectivity index (χ3v) is 4.11. The summed E-state index contributed by atoms with van der Waals surface area (Å²) in [6.07, 6.45) is 6.11. The SMILES string of the molecule is Cc1ccc(OCCN(C)C)c(C(O)c2ccc(-n3ccnc3)nc2)c1. The maximum absolute atomic E-state index is 10.9. The largest absolute Gasteiger partial charge is 0.492 e. The summed E-state index contributed by atoms with van der Waals surface area (Å²) >= 11 is 0. The van der Waals surface area contributed by atoms with Gasteiger partial charge in [0.1, 0.15) is 30.6 Å². The molecule has 0 aliphatic heterocycles. The first-order valence-electron chi connectivity index (χ1n) is 8.55. The molecule has 0 aliphatic rings. The zero-order valence-corrected chi connectivity index (χ0v) is 15.3. The highest BCUT2D eigenvalue weighted by Crippen LogP contribution is 2.31. The Morgan fingerprint density at radius 1 is 1.23 bits per heavy atom. The number of rotatable bonds is 7. The molecule has 0 radical (unpaired) electrons. The summed E-state index contributed by atoms with van der Waals surface area (Å²) in [6.45, 7) is 3.37. The van der Waals surface area contributed by atoms with Crippen molar-refractivity contribution in [3.63, 3.8) is 0 Å². The lowest BCUT2D eigenvalue weighted by Gasteiger charge is -2.18. The third kappa shape index (κ3) is 4.28. The Morgan fingerprint density at radius 2 is 2.08 bits per heavy atom. The van der Waals surface area contributed by atoms with E-state index in [-0.39, 0.29) is 0 Å². The summed E-state index contributed by atoms with van der Waals surface area (Å²) in [5.74, 6) is 1.45. The zero-order chi connectivity index (χ0) is 18.5. The van der Waals surface area contributed by atoms with E-state index in [1.54, 1.807) is 18.7 Å². The van der Waals surface area contributed by atoms with Crippen LogP contribution in [0.4, 0.5) is 0 Å². The molecule has 3 aromatic rings. The van der Waals surface area contributed by atoms with Crippen LogP contribution < -0.4 is 4.74 Å². The van der Waals surface area contributed by atoms with Gasteiger partial charge in [-0.1, -0.05) is 17.7 Å². The Bertz CT molecular complexity index is 830. The van der Waals surface area contributed by atoms with E-state index in [1.807, 2.05) is 62.1 Å². The number of nitrogens with zero attached hydrogens (tertiary/aromatic N) is 4. The van der Waals surface area contributed by atoms with Crippen LogP contribution >= 0.6 is 0 Å². The van der Waals surface area contributed by atoms with Crippen molar-refractivity contribution in [3.05, 3.63) is 71.9 Å². The van der Waals surface area contributed by atoms with Crippen LogP contribution in [-0.2, 0) is 0 Å². The van der Waals surface area contributed by atoms with E-state index >= 15 is 0 Å². The molecule has 0 amide bonds. The molecule has 0 fully saturated rings. The number of imidazole rings is 1. The van der Waals surface area contributed by atoms with Crippen molar-refractivity contribution in [1.29, 1.82) is 0 Å². The number of pyridine rings is 1. The highest BCUT2D eigenvalue weighted by Gasteiger charge is 2.17. The number of aliphatic hydroxyl groups excluding tert-OH is 1. The highest BCUT2D eigenvalue weighted by atomic mass is 16.5. The number of likely N-dealkylation sites (N-methyl/N-ethyl adjacent to an activating group) is 1. The number of hydrogen-bond donors (Lipinski definition) is 1. The molecule has 2 heterocycles. The van der Waals surface area contributed by atoms with Gasteiger partial charge in [-0.2, -0.15) is 0 Å². The van der Waals surface area contributed by atoms with E-state index in [4.69, 9.17) is 4.74 Å². The highest BCUT2D eigenvalue weighted by molar-refractivity contribution is 5.43. The van der Waals surface area contributed by atoms with E-state index < -0.39 is 6.10 Å². The molecule has 0 bridgehead atoms. The average Bonchev–Trinajstić information content (AvgIpc) is 3.17. The molecular weight excluding hydrogens is 328 g/mol. The lowest BCUT2D eigenvalue weighted by Crippen LogP contribution is -2.20. The fourth-order valence-corrected chi connectivity index (χ4v) is 2.64. The van der Waals surface area contributed by atoms with Crippen LogP contribution in [0.1, 0.15) is 22.8 Å². The summed E-state index contributed by atoms with van der Waals surface area (Å²) in [4.78, 5) is 10.5. The molecule has 1 atom stereocenters. The fraction of sp³-hybridized carbons (Fsp3) is 0.300. The molecule has 26 heavy (non-hydrogen) atoms. The summed E-state index contributed by atoms with van der Waals surface area (Å²) in [5.41, 5.74) is 2.54. The summed E-state index contributed by atoms with van der Waals surface area (Å²) in [5, 5.41) is 10.9. The Morgan fingerprint density at radius 3 is 2.73 bits per heavy atom. The van der Waals surface area contributed by atoms with Crippen molar-refractivity contribution >= 4 is 0 Å². The molecule has 6 heteroatoms. The van der Waals surface area contributed by atoms with Crippen molar-refractivity contribution in [2.24, 2.45) is 0 Å². The first kappa shape index (κ1) is 18.1. The standard InChI is InChI=1S/C20H24N4O2/c1-15-4-6-18(26-11-10-23(2)3)17(12-15)20(25)16-5-7-19(22-13-16)24-9-8-21-14-24/h4-9,12-14,20,25H,10-11H2,1-3H3. The molecule has 6 nitrogen and oxygen atoms in total. The van der Waals surface area contributed by atoms with Gasteiger partial charge in [0.2, 0.25) is 0 Å². The number of hydrogen-bond acceptors (Lipinski definition) is 5. The van der Waals surface area contributed by atoms with E-state index in [9.17, 15) is 5.11 Å². The number of aromatic nitrogens is 3. The smallest absolute Gasteiger partial charge is 0.137 e. The monoisotopic (exact) mass is 352 g/mol. The molecule has 0 spiro atoms. The van der Waals surface area contributed by atoms with Gasteiger partial charge in [-0.3, -0.25) is 4.57 Å². The van der Waals surface area contributed by atoms with Crippen LogP contribution in [0.2, 0.25) is 0 Å². The van der Waals surface area contributed by atoms with Gasteiger partial charge in [0, 0.05) is 36.3 Å². The Labute approximate surface area is 153 Å². The zero-order valence-electron chi connectivity index (χ0n) is 15.3. The first-order valence-corrected chi connectivity index (χ1v) is 8.55. The van der Waals surface area contributed by atoms with Crippen molar-refractivity contribution in [2.45, 2.75) is 13.0 Å². The number of aliphatic hydroxyl groups is 1. The summed E-state index contributed by atoms with van der Waals surface area (Å²) < 4.78 is 7.71. The van der Waals surface area contributed by atoms with Crippen LogP contribution in [0.15, 0.2) is 55.2 Å². The van der Waals surface area contributed by atoms with Gasteiger partial charge in [-0.15, -0.1) is 0 Å². The fourth-order valence-electron chi connectivity index (χ4n) is 2.64. The van der Waals surface area contributed by atoms with Crippen molar-refractivity contribution in [1.82, 2.24) is 19.4 Å². The number of benzene rings is 1. The normalized spacial score (nSPS) is 12.3. The third-order valence-electron chi connectivity index (χ3n) is 4.11. The molecule has 136 valence electrons. The second-order valence-corrected chi connectivity index (χ2v) is 6.52. The van der Waals surface area contributed by atoms with Crippen LogP contribution in [0, 0.1) is 6.92 Å². The molecule has 1 N–H and O–H groups in total. The predicted octanol–water partition coefficient (Wildman–Crippen LogP) is 2.60. The molecule has 3 rings (SSSR count). The molecule has 1 unspecified atom stereocenters. The molecule has 0 saturated carbocycles. The quantitative estimate of drug-likeness (QED) is 0.708. The molecular formula is C20H24N4O2. The van der Waals surface area contributed by atoms with Crippen molar-refractivity contribution < 1.29 is 9.84 Å². The van der Waals surface area contributed by atoms with E-state index in [1.165, 1.54) is 0 Å². The maximum atomic E-state index is 10.9. The Balaban J connectivity index is 1.82. The van der Waals surface area contributed by atoms with Gasteiger partial charge in [0.05, 0.1) is 0 Å². The predicted molar refractivity (Wildman–Crippen MR) is 101 cm³/mol. The lowest BCUT2D eigenvalue weighted by atomic mass is 10.00.